The Bertz CT molecular complexity index is 821. The van der Waals surface area contributed by atoms with Crippen molar-refractivity contribution in [1.29, 1.82) is 0 Å². The minimum Gasteiger partial charge on any atom is -0.496 e. The number of hydrogen-bond donors (Lipinski definition) is 1. The number of fused-ring (bicyclic) bond motifs is 1. The van der Waals surface area contributed by atoms with Crippen molar-refractivity contribution in [2.45, 2.75) is 51.0 Å². The van der Waals surface area contributed by atoms with E-state index in [1.54, 1.807) is 7.11 Å². The van der Waals surface area contributed by atoms with Crippen LogP contribution in [0.2, 0.25) is 0 Å². The first-order valence-corrected chi connectivity index (χ1v) is 9.13. The zero-order chi connectivity index (χ0) is 17.4. The number of aromatic nitrogens is 2. The van der Waals surface area contributed by atoms with Crippen LogP contribution in [0.1, 0.15) is 49.3 Å². The predicted octanol–water partition coefficient (Wildman–Crippen LogP) is 3.00. The maximum atomic E-state index is 5.61. The Labute approximate surface area is 154 Å². The summed E-state index contributed by atoms with van der Waals surface area (Å²) in [5.41, 5.74) is 5.46. The van der Waals surface area contributed by atoms with Crippen LogP contribution in [0, 0.1) is 0 Å². The number of benzene rings is 1. The van der Waals surface area contributed by atoms with E-state index in [-0.39, 0.29) is 5.48 Å². The molecule has 0 bridgehead atoms. The van der Waals surface area contributed by atoms with Gasteiger partial charge in [-0.3, -0.25) is 9.67 Å². The van der Waals surface area contributed by atoms with Crippen LogP contribution in [0.5, 0.6) is 5.75 Å². The summed E-state index contributed by atoms with van der Waals surface area (Å²) >= 11 is 0. The monoisotopic (exact) mass is 356 g/mol. The van der Waals surface area contributed by atoms with Crippen LogP contribution in [0.4, 0.5) is 5.69 Å². The van der Waals surface area contributed by atoms with Gasteiger partial charge in [0.25, 0.3) is 0 Å². The van der Waals surface area contributed by atoms with Gasteiger partial charge >= 0.3 is 0 Å². The number of anilines is 1. The Hall–Kier alpha value is -2.34. The van der Waals surface area contributed by atoms with Crippen LogP contribution in [-0.2, 0) is 25.4 Å². The SMILES string of the molecule is CCCC1(c2ccc(OC)c3c2NC(=NCc2cnn(C)c2)C3)CC1.O. The minimum atomic E-state index is 0. The van der Waals surface area contributed by atoms with Gasteiger partial charge in [0.2, 0.25) is 0 Å². The van der Waals surface area contributed by atoms with Crippen molar-refractivity contribution in [3.05, 3.63) is 41.2 Å². The van der Waals surface area contributed by atoms with E-state index in [2.05, 4.69) is 29.5 Å². The fourth-order valence-electron chi connectivity index (χ4n) is 4.06. The fraction of sp³-hybridized carbons (Fsp3) is 0.500. The molecule has 1 aliphatic heterocycles. The van der Waals surface area contributed by atoms with Crippen molar-refractivity contribution >= 4 is 11.5 Å². The molecule has 26 heavy (non-hydrogen) atoms. The Morgan fingerprint density at radius 1 is 1.35 bits per heavy atom. The summed E-state index contributed by atoms with van der Waals surface area (Å²) in [6.07, 6.45) is 9.78. The molecule has 0 spiro atoms. The second kappa shape index (κ2) is 7.11. The molecule has 1 aromatic carbocycles. The van der Waals surface area contributed by atoms with Gasteiger partial charge in [-0.15, -0.1) is 0 Å². The number of ether oxygens (including phenoxy) is 1. The molecular formula is C20H28N4O2. The average Bonchev–Trinajstić information content (AvgIpc) is 3.06. The summed E-state index contributed by atoms with van der Waals surface area (Å²) in [5.74, 6) is 1.99. The molecule has 0 unspecified atom stereocenters. The van der Waals surface area contributed by atoms with E-state index < -0.39 is 0 Å². The molecule has 6 heteroatoms. The van der Waals surface area contributed by atoms with Crippen molar-refractivity contribution in [3.8, 4) is 5.75 Å². The zero-order valence-electron chi connectivity index (χ0n) is 15.8. The molecule has 2 aliphatic rings. The maximum Gasteiger partial charge on any atom is 0.124 e. The normalized spacial score (nSPS) is 18.2. The smallest absolute Gasteiger partial charge is 0.124 e. The van der Waals surface area contributed by atoms with Gasteiger partial charge < -0.3 is 15.5 Å². The fourth-order valence-corrected chi connectivity index (χ4v) is 4.06. The van der Waals surface area contributed by atoms with E-state index in [1.165, 1.54) is 42.5 Å². The highest BCUT2D eigenvalue weighted by molar-refractivity contribution is 6.05. The number of hydrogen-bond acceptors (Lipinski definition) is 3. The molecule has 6 nitrogen and oxygen atoms in total. The lowest BCUT2D eigenvalue weighted by atomic mass is 9.88. The zero-order valence-corrected chi connectivity index (χ0v) is 15.8. The maximum absolute atomic E-state index is 5.61. The van der Waals surface area contributed by atoms with E-state index in [9.17, 15) is 0 Å². The molecule has 0 radical (unpaired) electrons. The summed E-state index contributed by atoms with van der Waals surface area (Å²) in [6, 6.07) is 4.40. The number of nitrogens with zero attached hydrogens (tertiary/aromatic N) is 3. The van der Waals surface area contributed by atoms with Crippen molar-refractivity contribution < 1.29 is 10.2 Å². The standard InChI is InChI=1S/C20H26N4O.H2O/c1-4-7-20(8-9-20)16-5-6-17(25-3)15-10-18(23-19(15)16)21-11-14-12-22-24(2)13-14;/h5-6,12-13H,4,7-11H2,1-3H3,(H,21,23);1H2. The molecule has 2 aromatic rings. The molecule has 2 heterocycles. The Morgan fingerprint density at radius 3 is 2.77 bits per heavy atom. The van der Waals surface area contributed by atoms with Crippen LogP contribution in [0.3, 0.4) is 0 Å². The first-order chi connectivity index (χ1) is 12.1. The highest BCUT2D eigenvalue weighted by Crippen LogP contribution is 2.56. The number of aryl methyl sites for hydroxylation is 1. The van der Waals surface area contributed by atoms with Gasteiger partial charge in [-0.05, 0) is 36.3 Å². The molecule has 0 amide bonds. The van der Waals surface area contributed by atoms with E-state index in [4.69, 9.17) is 9.73 Å². The van der Waals surface area contributed by atoms with E-state index in [0.717, 1.165) is 23.6 Å². The lowest BCUT2D eigenvalue weighted by molar-refractivity contribution is 0.411. The highest BCUT2D eigenvalue weighted by Gasteiger charge is 2.46. The lowest BCUT2D eigenvalue weighted by Gasteiger charge is -2.20. The summed E-state index contributed by atoms with van der Waals surface area (Å²) in [4.78, 5) is 4.78. The largest absolute Gasteiger partial charge is 0.496 e. The molecule has 1 aromatic heterocycles. The predicted molar refractivity (Wildman–Crippen MR) is 104 cm³/mol. The summed E-state index contributed by atoms with van der Waals surface area (Å²) < 4.78 is 7.43. The lowest BCUT2D eigenvalue weighted by Crippen LogP contribution is -2.11. The number of nitrogens with one attached hydrogen (secondary N) is 1. The van der Waals surface area contributed by atoms with E-state index >= 15 is 0 Å². The third kappa shape index (κ3) is 3.21. The van der Waals surface area contributed by atoms with Crippen LogP contribution in [-0.4, -0.2) is 28.2 Å². The Kier molecular flexibility index (Phi) is 5.05. The van der Waals surface area contributed by atoms with Gasteiger partial charge in [0.1, 0.15) is 11.6 Å². The molecule has 1 aliphatic carbocycles. The van der Waals surface area contributed by atoms with Crippen LogP contribution < -0.4 is 10.1 Å². The molecule has 0 saturated heterocycles. The Morgan fingerprint density at radius 2 is 2.15 bits per heavy atom. The third-order valence-electron chi connectivity index (χ3n) is 5.47. The second-order valence-corrected chi connectivity index (χ2v) is 7.29. The third-order valence-corrected chi connectivity index (χ3v) is 5.47. The van der Waals surface area contributed by atoms with Crippen molar-refractivity contribution in [2.75, 3.05) is 12.4 Å². The summed E-state index contributed by atoms with van der Waals surface area (Å²) in [7, 11) is 3.68. The number of rotatable bonds is 6. The summed E-state index contributed by atoms with van der Waals surface area (Å²) in [6.45, 7) is 2.93. The van der Waals surface area contributed by atoms with Gasteiger partial charge in [0.05, 0.1) is 25.5 Å². The second-order valence-electron chi connectivity index (χ2n) is 7.29. The molecular weight excluding hydrogens is 328 g/mol. The van der Waals surface area contributed by atoms with Crippen molar-refractivity contribution in [1.82, 2.24) is 9.78 Å². The van der Waals surface area contributed by atoms with Crippen molar-refractivity contribution in [3.63, 3.8) is 0 Å². The number of amidine groups is 1. The van der Waals surface area contributed by atoms with Crippen LogP contribution in [0.25, 0.3) is 0 Å². The molecule has 1 saturated carbocycles. The van der Waals surface area contributed by atoms with Gasteiger partial charge in [-0.2, -0.15) is 5.10 Å². The topological polar surface area (TPSA) is 82.9 Å². The molecule has 3 N–H and O–H groups in total. The average molecular weight is 356 g/mol. The number of methoxy groups -OCH3 is 1. The molecule has 140 valence electrons. The highest BCUT2D eigenvalue weighted by atomic mass is 16.5. The van der Waals surface area contributed by atoms with E-state index in [0.29, 0.717) is 12.0 Å². The Balaban J connectivity index is 0.00000196. The molecule has 0 atom stereocenters. The van der Waals surface area contributed by atoms with Crippen LogP contribution in [0.15, 0.2) is 29.5 Å². The van der Waals surface area contributed by atoms with Gasteiger partial charge in [-0.1, -0.05) is 19.4 Å². The quantitative estimate of drug-likeness (QED) is 0.863. The molecule has 1 fully saturated rings. The van der Waals surface area contributed by atoms with E-state index in [1.807, 2.05) is 24.1 Å². The van der Waals surface area contributed by atoms with Crippen LogP contribution >= 0.6 is 0 Å². The minimum absolute atomic E-state index is 0. The van der Waals surface area contributed by atoms with Crippen molar-refractivity contribution in [2.24, 2.45) is 12.0 Å². The number of aliphatic imine (C=N–C) groups is 1. The molecule has 4 rings (SSSR count). The first kappa shape index (κ1) is 18.5. The van der Waals surface area contributed by atoms with Gasteiger partial charge in [-0.25, -0.2) is 0 Å². The summed E-state index contributed by atoms with van der Waals surface area (Å²) in [5, 5.41) is 7.81. The van der Waals surface area contributed by atoms with Gasteiger partial charge in [0.15, 0.2) is 0 Å². The van der Waals surface area contributed by atoms with Gasteiger partial charge in [0, 0.05) is 30.8 Å². The first-order valence-electron chi connectivity index (χ1n) is 9.13.